The standard InChI is InChI=1S/C19H32N6O6/c1-5-9(2)14(19(30)31)24-16(27)10(3)23-18(29)15(11(4)26)25-17(28)13(20)6-12-7-21-8-22-12/h7-11,13-15,26H,5-6,20H2,1-4H3,(H,21,22)(H,23,29)(H,24,27)(H,25,28)(H,30,31). The van der Waals surface area contributed by atoms with Crippen molar-refractivity contribution in [1.82, 2.24) is 25.9 Å². The quantitative estimate of drug-likeness (QED) is 0.199. The number of nitrogens with two attached hydrogens (primary N) is 1. The lowest BCUT2D eigenvalue weighted by Crippen LogP contribution is -2.59. The van der Waals surface area contributed by atoms with Crippen LogP contribution in [0.4, 0.5) is 0 Å². The van der Waals surface area contributed by atoms with E-state index in [2.05, 4.69) is 25.9 Å². The molecule has 1 aromatic rings. The molecule has 1 heterocycles. The van der Waals surface area contributed by atoms with Crippen LogP contribution in [0.25, 0.3) is 0 Å². The number of nitrogens with one attached hydrogen (secondary N) is 4. The van der Waals surface area contributed by atoms with E-state index in [1.807, 2.05) is 0 Å². The Morgan fingerprint density at radius 3 is 2.16 bits per heavy atom. The molecule has 1 aromatic heterocycles. The zero-order chi connectivity index (χ0) is 23.7. The summed E-state index contributed by atoms with van der Waals surface area (Å²) in [4.78, 5) is 55.2. The molecule has 0 radical (unpaired) electrons. The SMILES string of the molecule is CCC(C)C(NC(=O)C(C)NC(=O)C(NC(=O)C(N)Cc1cnc[nH]1)C(C)O)C(=O)O. The fourth-order valence-corrected chi connectivity index (χ4v) is 2.72. The van der Waals surface area contributed by atoms with Crippen LogP contribution in [0.2, 0.25) is 0 Å². The predicted octanol–water partition coefficient (Wildman–Crippen LogP) is -1.73. The summed E-state index contributed by atoms with van der Waals surface area (Å²) in [7, 11) is 0. The van der Waals surface area contributed by atoms with E-state index in [1.165, 1.54) is 26.4 Å². The van der Waals surface area contributed by atoms with Crippen molar-refractivity contribution in [3.05, 3.63) is 18.2 Å². The van der Waals surface area contributed by atoms with Crippen molar-refractivity contribution >= 4 is 23.7 Å². The first-order chi connectivity index (χ1) is 14.5. The van der Waals surface area contributed by atoms with Crippen LogP contribution < -0.4 is 21.7 Å². The van der Waals surface area contributed by atoms with Crippen LogP contribution in [0.15, 0.2) is 12.5 Å². The van der Waals surface area contributed by atoms with Crippen molar-refractivity contribution in [2.45, 2.75) is 70.8 Å². The van der Waals surface area contributed by atoms with E-state index in [0.29, 0.717) is 12.1 Å². The maximum atomic E-state index is 12.5. The lowest BCUT2D eigenvalue weighted by atomic mass is 9.99. The van der Waals surface area contributed by atoms with E-state index in [-0.39, 0.29) is 12.3 Å². The van der Waals surface area contributed by atoms with Crippen LogP contribution in [0.5, 0.6) is 0 Å². The van der Waals surface area contributed by atoms with Crippen LogP contribution in [0.3, 0.4) is 0 Å². The lowest BCUT2D eigenvalue weighted by Gasteiger charge is -2.26. The highest BCUT2D eigenvalue weighted by atomic mass is 16.4. The van der Waals surface area contributed by atoms with E-state index in [1.54, 1.807) is 13.8 Å². The zero-order valence-corrected chi connectivity index (χ0v) is 18.1. The highest BCUT2D eigenvalue weighted by molar-refractivity contribution is 5.94. The maximum absolute atomic E-state index is 12.5. The summed E-state index contributed by atoms with van der Waals surface area (Å²) in [5, 5.41) is 26.4. The predicted molar refractivity (Wildman–Crippen MR) is 111 cm³/mol. The number of aliphatic hydroxyl groups is 1. The average molecular weight is 441 g/mol. The fourth-order valence-electron chi connectivity index (χ4n) is 2.72. The van der Waals surface area contributed by atoms with Crippen LogP contribution in [-0.4, -0.2) is 74.1 Å². The van der Waals surface area contributed by atoms with Crippen LogP contribution in [0.1, 0.15) is 39.8 Å². The van der Waals surface area contributed by atoms with Gasteiger partial charge in [0.05, 0.1) is 18.5 Å². The van der Waals surface area contributed by atoms with Gasteiger partial charge in [-0.2, -0.15) is 0 Å². The molecule has 31 heavy (non-hydrogen) atoms. The molecular weight excluding hydrogens is 408 g/mol. The Labute approximate surface area is 180 Å². The number of aliphatic hydroxyl groups excluding tert-OH is 1. The molecule has 1 rings (SSSR count). The number of carboxylic acid groups (broad SMARTS) is 1. The van der Waals surface area contributed by atoms with Crippen molar-refractivity contribution in [2.24, 2.45) is 11.7 Å². The van der Waals surface area contributed by atoms with Gasteiger partial charge in [0.2, 0.25) is 17.7 Å². The minimum absolute atomic E-state index is 0.144. The fraction of sp³-hybridized carbons (Fsp3) is 0.632. The number of hydrogen-bond acceptors (Lipinski definition) is 7. The van der Waals surface area contributed by atoms with Crippen LogP contribution >= 0.6 is 0 Å². The minimum Gasteiger partial charge on any atom is -0.480 e. The molecule has 0 aliphatic heterocycles. The van der Waals surface area contributed by atoms with Gasteiger partial charge in [0, 0.05) is 18.3 Å². The van der Waals surface area contributed by atoms with Gasteiger partial charge in [0.15, 0.2) is 0 Å². The number of aliphatic carboxylic acids is 1. The molecule has 8 N–H and O–H groups in total. The number of hydrogen-bond donors (Lipinski definition) is 7. The van der Waals surface area contributed by atoms with E-state index in [9.17, 15) is 29.4 Å². The molecule has 0 fully saturated rings. The molecule has 6 unspecified atom stereocenters. The average Bonchev–Trinajstić information content (AvgIpc) is 3.21. The number of rotatable bonds is 12. The molecule has 174 valence electrons. The number of H-pyrrole nitrogens is 1. The second kappa shape index (κ2) is 12.0. The first-order valence-electron chi connectivity index (χ1n) is 10.0. The largest absolute Gasteiger partial charge is 0.480 e. The van der Waals surface area contributed by atoms with E-state index >= 15 is 0 Å². The summed E-state index contributed by atoms with van der Waals surface area (Å²) in [6, 6.07) is -4.57. The van der Waals surface area contributed by atoms with E-state index in [0.717, 1.165) is 0 Å². The Hall–Kier alpha value is -2.99. The zero-order valence-electron chi connectivity index (χ0n) is 18.1. The van der Waals surface area contributed by atoms with E-state index < -0.39 is 54.0 Å². The Morgan fingerprint density at radius 1 is 1.06 bits per heavy atom. The monoisotopic (exact) mass is 440 g/mol. The van der Waals surface area contributed by atoms with Gasteiger partial charge in [-0.1, -0.05) is 20.3 Å². The number of nitrogens with zero attached hydrogens (tertiary/aromatic N) is 1. The molecule has 0 saturated heterocycles. The Kier molecular flexibility index (Phi) is 10.1. The highest BCUT2D eigenvalue weighted by Crippen LogP contribution is 2.08. The van der Waals surface area contributed by atoms with Gasteiger partial charge in [-0.05, 0) is 19.8 Å². The molecule has 12 nitrogen and oxygen atoms in total. The lowest BCUT2D eigenvalue weighted by molar-refractivity contribution is -0.143. The van der Waals surface area contributed by atoms with Crippen molar-refractivity contribution in [3.63, 3.8) is 0 Å². The highest BCUT2D eigenvalue weighted by Gasteiger charge is 2.32. The number of aromatic amines is 1. The van der Waals surface area contributed by atoms with E-state index in [4.69, 9.17) is 5.73 Å². The Balaban J connectivity index is 2.72. The van der Waals surface area contributed by atoms with Crippen molar-refractivity contribution in [2.75, 3.05) is 0 Å². The molecular formula is C19H32N6O6. The Bertz CT molecular complexity index is 753. The molecule has 6 atom stereocenters. The molecule has 0 aliphatic carbocycles. The first kappa shape index (κ1) is 26.0. The molecule has 12 heteroatoms. The molecule has 0 aromatic carbocycles. The molecule has 0 aliphatic rings. The van der Waals surface area contributed by atoms with Crippen molar-refractivity contribution < 1.29 is 29.4 Å². The number of amides is 3. The third-order valence-electron chi connectivity index (χ3n) is 4.92. The molecule has 0 spiro atoms. The van der Waals surface area contributed by atoms with Crippen LogP contribution in [0, 0.1) is 5.92 Å². The van der Waals surface area contributed by atoms with Crippen LogP contribution in [-0.2, 0) is 25.6 Å². The minimum atomic E-state index is -1.36. The molecule has 0 saturated carbocycles. The van der Waals surface area contributed by atoms with Gasteiger partial charge in [0.25, 0.3) is 0 Å². The second-order valence-electron chi connectivity index (χ2n) is 7.55. The van der Waals surface area contributed by atoms with Gasteiger partial charge in [-0.3, -0.25) is 14.4 Å². The maximum Gasteiger partial charge on any atom is 0.326 e. The molecule has 0 bridgehead atoms. The van der Waals surface area contributed by atoms with Gasteiger partial charge in [-0.25, -0.2) is 9.78 Å². The van der Waals surface area contributed by atoms with Gasteiger partial charge in [-0.15, -0.1) is 0 Å². The normalized spacial score (nSPS) is 16.8. The molecule has 3 amide bonds. The number of carbonyl (C=O) groups excluding carboxylic acids is 3. The third-order valence-corrected chi connectivity index (χ3v) is 4.92. The van der Waals surface area contributed by atoms with Gasteiger partial charge < -0.3 is 36.9 Å². The summed E-state index contributed by atoms with van der Waals surface area (Å²) < 4.78 is 0. The summed E-state index contributed by atoms with van der Waals surface area (Å²) >= 11 is 0. The first-order valence-corrected chi connectivity index (χ1v) is 10.0. The Morgan fingerprint density at radius 2 is 1.68 bits per heavy atom. The van der Waals surface area contributed by atoms with Crippen molar-refractivity contribution in [1.29, 1.82) is 0 Å². The third kappa shape index (κ3) is 7.98. The second-order valence-corrected chi connectivity index (χ2v) is 7.55. The number of aromatic nitrogens is 2. The summed E-state index contributed by atoms with van der Waals surface area (Å²) in [5.41, 5.74) is 6.46. The van der Waals surface area contributed by atoms with Crippen molar-refractivity contribution in [3.8, 4) is 0 Å². The van der Waals surface area contributed by atoms with Gasteiger partial charge >= 0.3 is 5.97 Å². The number of carboxylic acids is 1. The summed E-state index contributed by atoms with van der Waals surface area (Å²) in [6.07, 6.45) is 2.35. The smallest absolute Gasteiger partial charge is 0.326 e. The topological polar surface area (TPSA) is 200 Å². The number of imidazole rings is 1. The van der Waals surface area contributed by atoms with Gasteiger partial charge in [0.1, 0.15) is 18.1 Å². The summed E-state index contributed by atoms with van der Waals surface area (Å²) in [6.45, 7) is 6.16. The number of carbonyl (C=O) groups is 4. The summed E-state index contributed by atoms with van der Waals surface area (Å²) in [5.74, 6) is -3.68.